The summed E-state index contributed by atoms with van der Waals surface area (Å²) >= 11 is 0. The van der Waals surface area contributed by atoms with E-state index >= 15 is 0 Å². The van der Waals surface area contributed by atoms with Crippen LogP contribution >= 0.6 is 0 Å². The maximum atomic E-state index is 12.6. The Labute approximate surface area is 125 Å². The fourth-order valence-corrected chi connectivity index (χ4v) is 4.58. The van der Waals surface area contributed by atoms with Gasteiger partial charge < -0.3 is 4.74 Å². The number of carbonyl (C=O) groups excluding carboxylic acids is 2. The summed E-state index contributed by atoms with van der Waals surface area (Å²) in [6.07, 6.45) is 9.67. The standard InChI is InChI=1S/C16H24N2O3/c19-15-9-13(17-12-8-11-6-7-14(12)21-11)16(20)18(15)10-4-2-1-3-5-10/h10-14,17H,1-9H2. The molecule has 0 aromatic rings. The van der Waals surface area contributed by atoms with Crippen molar-refractivity contribution in [3.8, 4) is 0 Å². The first-order valence-corrected chi connectivity index (χ1v) is 8.50. The Hall–Kier alpha value is -0.940. The molecule has 4 atom stereocenters. The van der Waals surface area contributed by atoms with Gasteiger partial charge in [-0.05, 0) is 32.1 Å². The zero-order chi connectivity index (χ0) is 14.4. The van der Waals surface area contributed by atoms with Crippen LogP contribution in [0.4, 0.5) is 0 Å². The van der Waals surface area contributed by atoms with E-state index < -0.39 is 0 Å². The molecule has 5 heteroatoms. The maximum absolute atomic E-state index is 12.6. The van der Waals surface area contributed by atoms with E-state index in [4.69, 9.17) is 4.74 Å². The zero-order valence-corrected chi connectivity index (χ0v) is 12.4. The molecular weight excluding hydrogens is 268 g/mol. The van der Waals surface area contributed by atoms with Gasteiger partial charge in [0, 0.05) is 12.1 Å². The molecule has 4 unspecified atom stereocenters. The van der Waals surface area contributed by atoms with Gasteiger partial charge in [-0.3, -0.25) is 19.8 Å². The molecule has 5 nitrogen and oxygen atoms in total. The van der Waals surface area contributed by atoms with Crippen LogP contribution in [0.15, 0.2) is 0 Å². The lowest BCUT2D eigenvalue weighted by Crippen LogP contribution is -2.49. The lowest BCUT2D eigenvalue weighted by atomic mass is 9.94. The van der Waals surface area contributed by atoms with Crippen LogP contribution in [-0.4, -0.2) is 47.0 Å². The highest BCUT2D eigenvalue weighted by Crippen LogP contribution is 2.35. The van der Waals surface area contributed by atoms with Crippen LogP contribution in [0.1, 0.15) is 57.8 Å². The Morgan fingerprint density at radius 2 is 1.86 bits per heavy atom. The molecule has 2 amide bonds. The number of nitrogens with zero attached hydrogens (tertiary/aromatic N) is 1. The minimum Gasteiger partial charge on any atom is -0.373 e. The molecule has 3 saturated heterocycles. The number of hydrogen-bond donors (Lipinski definition) is 1. The zero-order valence-electron chi connectivity index (χ0n) is 12.4. The SMILES string of the molecule is O=C1CC(NC2CC3CCC2O3)C(=O)N1C1CCCCC1. The summed E-state index contributed by atoms with van der Waals surface area (Å²) in [6, 6.07) is 0.103. The number of rotatable bonds is 3. The molecular formula is C16H24N2O3. The van der Waals surface area contributed by atoms with Gasteiger partial charge in [0.25, 0.3) is 0 Å². The second kappa shape index (κ2) is 5.36. The van der Waals surface area contributed by atoms with E-state index in [1.807, 2.05) is 0 Å². The van der Waals surface area contributed by atoms with Gasteiger partial charge >= 0.3 is 0 Å². The second-order valence-corrected chi connectivity index (χ2v) is 7.03. The average molecular weight is 292 g/mol. The van der Waals surface area contributed by atoms with Gasteiger partial charge in [0.15, 0.2) is 0 Å². The number of likely N-dealkylation sites (tertiary alicyclic amines) is 1. The molecule has 4 fully saturated rings. The third-order valence-corrected chi connectivity index (χ3v) is 5.64. The van der Waals surface area contributed by atoms with E-state index in [1.54, 1.807) is 4.90 Å². The average Bonchev–Trinajstić information content (AvgIpc) is 3.16. The van der Waals surface area contributed by atoms with E-state index in [2.05, 4.69) is 5.32 Å². The Morgan fingerprint density at radius 1 is 1.05 bits per heavy atom. The van der Waals surface area contributed by atoms with E-state index in [0.29, 0.717) is 12.5 Å². The highest BCUT2D eigenvalue weighted by molar-refractivity contribution is 6.05. The van der Waals surface area contributed by atoms with Crippen LogP contribution in [0.3, 0.4) is 0 Å². The van der Waals surface area contributed by atoms with E-state index in [1.165, 1.54) is 6.42 Å². The van der Waals surface area contributed by atoms with Crippen LogP contribution in [-0.2, 0) is 14.3 Å². The molecule has 0 aromatic heterocycles. The summed E-state index contributed by atoms with van der Waals surface area (Å²) in [7, 11) is 0. The summed E-state index contributed by atoms with van der Waals surface area (Å²) in [5, 5.41) is 3.42. The van der Waals surface area contributed by atoms with Gasteiger partial charge in [-0.15, -0.1) is 0 Å². The monoisotopic (exact) mass is 292 g/mol. The fourth-order valence-electron chi connectivity index (χ4n) is 4.58. The summed E-state index contributed by atoms with van der Waals surface area (Å²) in [5.74, 6) is 0.0307. The topological polar surface area (TPSA) is 58.6 Å². The molecule has 4 aliphatic rings. The van der Waals surface area contributed by atoms with E-state index in [9.17, 15) is 9.59 Å². The van der Waals surface area contributed by atoms with Gasteiger partial charge in [-0.25, -0.2) is 0 Å². The van der Waals surface area contributed by atoms with Crippen LogP contribution in [0.5, 0.6) is 0 Å². The molecule has 1 saturated carbocycles. The smallest absolute Gasteiger partial charge is 0.247 e. The van der Waals surface area contributed by atoms with Crippen molar-refractivity contribution in [1.82, 2.24) is 10.2 Å². The van der Waals surface area contributed by atoms with Crippen LogP contribution in [0.25, 0.3) is 0 Å². The fraction of sp³-hybridized carbons (Fsp3) is 0.875. The summed E-state index contributed by atoms with van der Waals surface area (Å²) < 4.78 is 5.83. The number of amides is 2. The first kappa shape index (κ1) is 13.7. The van der Waals surface area contributed by atoms with E-state index in [-0.39, 0.29) is 36.0 Å². The van der Waals surface area contributed by atoms with Crippen molar-refractivity contribution in [2.45, 2.75) is 88.1 Å². The van der Waals surface area contributed by atoms with Gasteiger partial charge in [-0.1, -0.05) is 19.3 Å². The van der Waals surface area contributed by atoms with Crippen molar-refractivity contribution in [3.63, 3.8) is 0 Å². The molecule has 4 rings (SSSR count). The molecule has 0 aromatic carbocycles. The molecule has 0 radical (unpaired) electrons. The van der Waals surface area contributed by atoms with Crippen LogP contribution in [0.2, 0.25) is 0 Å². The molecule has 2 bridgehead atoms. The van der Waals surface area contributed by atoms with Crippen molar-refractivity contribution in [2.75, 3.05) is 0 Å². The van der Waals surface area contributed by atoms with Gasteiger partial charge in [0.1, 0.15) is 0 Å². The maximum Gasteiger partial charge on any atom is 0.247 e. The summed E-state index contributed by atoms with van der Waals surface area (Å²) in [5.41, 5.74) is 0. The number of ether oxygens (including phenoxy) is 1. The van der Waals surface area contributed by atoms with Gasteiger partial charge in [0.2, 0.25) is 11.8 Å². The van der Waals surface area contributed by atoms with Gasteiger partial charge in [0.05, 0.1) is 24.7 Å². The third kappa shape index (κ3) is 2.40. The van der Waals surface area contributed by atoms with Crippen LogP contribution in [0, 0.1) is 0 Å². The molecule has 21 heavy (non-hydrogen) atoms. The first-order valence-electron chi connectivity index (χ1n) is 8.50. The van der Waals surface area contributed by atoms with E-state index in [0.717, 1.165) is 44.9 Å². The quantitative estimate of drug-likeness (QED) is 0.798. The number of imide groups is 1. The van der Waals surface area contributed by atoms with Crippen molar-refractivity contribution in [3.05, 3.63) is 0 Å². The predicted octanol–water partition coefficient (Wildman–Crippen LogP) is 1.36. The molecule has 1 aliphatic carbocycles. The highest BCUT2D eigenvalue weighted by Gasteiger charge is 2.47. The molecule has 3 aliphatic heterocycles. The number of hydrogen-bond acceptors (Lipinski definition) is 4. The minimum absolute atomic E-state index is 0.00896. The Bertz CT molecular complexity index is 447. The predicted molar refractivity (Wildman–Crippen MR) is 76.6 cm³/mol. The molecule has 0 spiro atoms. The summed E-state index contributed by atoms with van der Waals surface area (Å²) in [4.78, 5) is 26.4. The normalized spacial score (nSPS) is 40.5. The van der Waals surface area contributed by atoms with Crippen molar-refractivity contribution in [1.29, 1.82) is 0 Å². The van der Waals surface area contributed by atoms with Crippen molar-refractivity contribution >= 4 is 11.8 Å². The Balaban J connectivity index is 1.41. The largest absolute Gasteiger partial charge is 0.373 e. The minimum atomic E-state index is -0.313. The lowest BCUT2D eigenvalue weighted by Gasteiger charge is -2.30. The highest BCUT2D eigenvalue weighted by atomic mass is 16.5. The van der Waals surface area contributed by atoms with Crippen LogP contribution < -0.4 is 5.32 Å². The lowest BCUT2D eigenvalue weighted by molar-refractivity contribution is -0.142. The van der Waals surface area contributed by atoms with Gasteiger partial charge in [-0.2, -0.15) is 0 Å². The number of carbonyl (C=O) groups is 2. The summed E-state index contributed by atoms with van der Waals surface area (Å²) in [6.45, 7) is 0. The Kier molecular flexibility index (Phi) is 3.50. The number of nitrogens with one attached hydrogen (secondary N) is 1. The van der Waals surface area contributed by atoms with Crippen molar-refractivity contribution in [2.24, 2.45) is 0 Å². The molecule has 116 valence electrons. The number of fused-ring (bicyclic) bond motifs is 2. The Morgan fingerprint density at radius 3 is 2.52 bits per heavy atom. The molecule has 3 heterocycles. The third-order valence-electron chi connectivity index (χ3n) is 5.64. The van der Waals surface area contributed by atoms with Crippen molar-refractivity contribution < 1.29 is 14.3 Å². The first-order chi connectivity index (χ1) is 10.2. The molecule has 1 N–H and O–H groups in total. The second-order valence-electron chi connectivity index (χ2n) is 7.03.